The van der Waals surface area contributed by atoms with Crippen LogP contribution in [-0.4, -0.2) is 21.3 Å². The second kappa shape index (κ2) is 6.32. The van der Waals surface area contributed by atoms with Crippen LogP contribution < -0.4 is 5.32 Å². The van der Waals surface area contributed by atoms with Crippen LogP contribution in [0.25, 0.3) is 0 Å². The molecule has 4 heteroatoms. The van der Waals surface area contributed by atoms with Crippen LogP contribution >= 0.6 is 0 Å². The zero-order valence-corrected chi connectivity index (χ0v) is 11.9. The van der Waals surface area contributed by atoms with Crippen molar-refractivity contribution >= 4 is 0 Å². The van der Waals surface area contributed by atoms with Crippen molar-refractivity contribution in [2.24, 2.45) is 5.92 Å². The van der Waals surface area contributed by atoms with Crippen molar-refractivity contribution in [3.8, 4) is 0 Å². The maximum atomic E-state index is 4.34. The minimum atomic E-state index is 0.629. The first-order chi connectivity index (χ1) is 8.68. The largest absolute Gasteiger partial charge is 0.311 e. The second-order valence-electron chi connectivity index (χ2n) is 5.85. The molecule has 0 radical (unpaired) electrons. The number of rotatable bonds is 5. The molecule has 1 aliphatic carbocycles. The normalized spacial score (nSPS) is 17.6. The summed E-state index contributed by atoms with van der Waals surface area (Å²) in [7, 11) is 0. The zero-order valence-electron chi connectivity index (χ0n) is 11.9. The van der Waals surface area contributed by atoms with Crippen LogP contribution in [0.3, 0.4) is 0 Å². The molecule has 1 heterocycles. The van der Waals surface area contributed by atoms with Crippen molar-refractivity contribution in [1.29, 1.82) is 0 Å². The van der Waals surface area contributed by atoms with Crippen LogP contribution in [0.2, 0.25) is 0 Å². The Morgan fingerprint density at radius 2 is 1.94 bits per heavy atom. The standard InChI is InChI=1S/C14H26N4/c1-11(2)9-15-10-14-17-16-12(3)18(14)13-7-5-4-6-8-13/h11,13,15H,4-10H2,1-3H3. The highest BCUT2D eigenvalue weighted by Crippen LogP contribution is 2.29. The van der Waals surface area contributed by atoms with E-state index in [1.165, 1.54) is 32.1 Å². The van der Waals surface area contributed by atoms with Crippen LogP contribution in [0.4, 0.5) is 0 Å². The molecule has 1 saturated carbocycles. The molecule has 0 unspecified atom stereocenters. The summed E-state index contributed by atoms with van der Waals surface area (Å²) in [5.74, 6) is 2.86. The Balaban J connectivity index is 2.01. The van der Waals surface area contributed by atoms with Gasteiger partial charge >= 0.3 is 0 Å². The molecule has 1 aromatic heterocycles. The third-order valence-electron chi connectivity index (χ3n) is 3.71. The summed E-state index contributed by atoms with van der Waals surface area (Å²) in [5, 5.41) is 12.1. The smallest absolute Gasteiger partial charge is 0.147 e. The van der Waals surface area contributed by atoms with Crippen molar-refractivity contribution in [1.82, 2.24) is 20.1 Å². The lowest BCUT2D eigenvalue weighted by atomic mass is 9.95. The second-order valence-corrected chi connectivity index (χ2v) is 5.85. The lowest BCUT2D eigenvalue weighted by Gasteiger charge is -2.25. The van der Waals surface area contributed by atoms with Crippen LogP contribution in [-0.2, 0) is 6.54 Å². The number of hydrogen-bond donors (Lipinski definition) is 1. The van der Waals surface area contributed by atoms with E-state index in [0.717, 1.165) is 24.7 Å². The van der Waals surface area contributed by atoms with Gasteiger partial charge in [-0.1, -0.05) is 33.1 Å². The topological polar surface area (TPSA) is 42.7 Å². The average Bonchev–Trinajstić information content (AvgIpc) is 2.71. The fourth-order valence-corrected chi connectivity index (χ4v) is 2.82. The minimum Gasteiger partial charge on any atom is -0.311 e. The summed E-state index contributed by atoms with van der Waals surface area (Å²) in [4.78, 5) is 0. The van der Waals surface area contributed by atoms with Crippen LogP contribution in [0.15, 0.2) is 0 Å². The van der Waals surface area contributed by atoms with Gasteiger partial charge in [0, 0.05) is 6.04 Å². The van der Waals surface area contributed by atoms with E-state index in [1.807, 2.05) is 0 Å². The molecular weight excluding hydrogens is 224 g/mol. The van der Waals surface area contributed by atoms with Gasteiger partial charge in [-0.25, -0.2) is 0 Å². The molecule has 102 valence electrons. The van der Waals surface area contributed by atoms with Gasteiger partial charge in [0.25, 0.3) is 0 Å². The minimum absolute atomic E-state index is 0.629. The van der Waals surface area contributed by atoms with Crippen molar-refractivity contribution in [2.75, 3.05) is 6.54 Å². The van der Waals surface area contributed by atoms with E-state index < -0.39 is 0 Å². The van der Waals surface area contributed by atoms with Gasteiger partial charge in [-0.05, 0) is 32.2 Å². The molecule has 4 nitrogen and oxygen atoms in total. The molecule has 0 aromatic carbocycles. The summed E-state index contributed by atoms with van der Waals surface area (Å²) < 4.78 is 2.37. The summed E-state index contributed by atoms with van der Waals surface area (Å²) in [6.45, 7) is 8.41. The van der Waals surface area contributed by atoms with E-state index in [4.69, 9.17) is 0 Å². The summed E-state index contributed by atoms with van der Waals surface area (Å²) in [5.41, 5.74) is 0. The quantitative estimate of drug-likeness (QED) is 0.874. The van der Waals surface area contributed by atoms with Gasteiger partial charge in [-0.15, -0.1) is 10.2 Å². The van der Waals surface area contributed by atoms with Gasteiger partial charge in [0.15, 0.2) is 0 Å². The molecule has 0 atom stereocenters. The van der Waals surface area contributed by atoms with E-state index in [-0.39, 0.29) is 0 Å². The van der Waals surface area contributed by atoms with E-state index >= 15 is 0 Å². The van der Waals surface area contributed by atoms with E-state index in [9.17, 15) is 0 Å². The highest BCUT2D eigenvalue weighted by molar-refractivity contribution is 4.98. The first-order valence-corrected chi connectivity index (χ1v) is 7.29. The lowest BCUT2D eigenvalue weighted by molar-refractivity contribution is 0.338. The Bertz CT molecular complexity index is 364. The Hall–Kier alpha value is -0.900. The van der Waals surface area contributed by atoms with Crippen LogP contribution in [0.5, 0.6) is 0 Å². The van der Waals surface area contributed by atoms with E-state index in [1.54, 1.807) is 0 Å². The number of hydrogen-bond acceptors (Lipinski definition) is 3. The van der Waals surface area contributed by atoms with E-state index in [0.29, 0.717) is 12.0 Å². The zero-order chi connectivity index (χ0) is 13.0. The Labute approximate surface area is 110 Å². The Morgan fingerprint density at radius 1 is 1.22 bits per heavy atom. The van der Waals surface area contributed by atoms with Gasteiger partial charge in [0.05, 0.1) is 6.54 Å². The van der Waals surface area contributed by atoms with Crippen molar-refractivity contribution < 1.29 is 0 Å². The Morgan fingerprint density at radius 3 is 2.61 bits per heavy atom. The third-order valence-corrected chi connectivity index (χ3v) is 3.71. The molecule has 18 heavy (non-hydrogen) atoms. The van der Waals surface area contributed by atoms with Gasteiger partial charge in [0.2, 0.25) is 0 Å². The summed E-state index contributed by atoms with van der Waals surface area (Å²) in [6.07, 6.45) is 6.66. The molecule has 0 amide bonds. The van der Waals surface area contributed by atoms with Gasteiger partial charge in [0.1, 0.15) is 11.6 Å². The predicted molar refractivity (Wildman–Crippen MR) is 73.4 cm³/mol. The monoisotopic (exact) mass is 250 g/mol. The Kier molecular flexibility index (Phi) is 4.75. The molecule has 1 aromatic rings. The molecule has 1 aliphatic rings. The molecule has 2 rings (SSSR count). The van der Waals surface area contributed by atoms with Gasteiger partial charge in [-0.3, -0.25) is 0 Å². The third kappa shape index (κ3) is 3.31. The number of aryl methyl sites for hydroxylation is 1. The molecule has 0 aliphatic heterocycles. The maximum absolute atomic E-state index is 4.34. The number of aromatic nitrogens is 3. The number of nitrogens with one attached hydrogen (secondary N) is 1. The van der Waals surface area contributed by atoms with Crippen molar-refractivity contribution in [3.63, 3.8) is 0 Å². The first kappa shape index (κ1) is 13.5. The molecule has 1 fully saturated rings. The first-order valence-electron chi connectivity index (χ1n) is 7.29. The summed E-state index contributed by atoms with van der Waals surface area (Å²) in [6, 6.07) is 0.629. The SMILES string of the molecule is Cc1nnc(CNCC(C)C)n1C1CCCCC1. The molecular formula is C14H26N4. The summed E-state index contributed by atoms with van der Waals surface area (Å²) >= 11 is 0. The highest BCUT2D eigenvalue weighted by Gasteiger charge is 2.20. The average molecular weight is 250 g/mol. The molecule has 0 spiro atoms. The van der Waals surface area contributed by atoms with Gasteiger partial charge in [-0.2, -0.15) is 0 Å². The van der Waals surface area contributed by atoms with Crippen LogP contribution in [0.1, 0.15) is 63.6 Å². The molecule has 0 bridgehead atoms. The highest BCUT2D eigenvalue weighted by atomic mass is 15.3. The van der Waals surface area contributed by atoms with Crippen LogP contribution in [0, 0.1) is 12.8 Å². The fourth-order valence-electron chi connectivity index (χ4n) is 2.82. The maximum Gasteiger partial charge on any atom is 0.147 e. The van der Waals surface area contributed by atoms with Gasteiger partial charge < -0.3 is 9.88 Å². The molecule has 1 N–H and O–H groups in total. The van der Waals surface area contributed by atoms with Crippen molar-refractivity contribution in [2.45, 2.75) is 65.5 Å². The number of nitrogens with zero attached hydrogens (tertiary/aromatic N) is 3. The van der Waals surface area contributed by atoms with Crippen molar-refractivity contribution in [3.05, 3.63) is 11.6 Å². The van der Waals surface area contributed by atoms with E-state index in [2.05, 4.69) is 40.9 Å². The molecule has 0 saturated heterocycles. The predicted octanol–water partition coefficient (Wildman–Crippen LogP) is 2.84. The lowest BCUT2D eigenvalue weighted by Crippen LogP contribution is -2.24. The fraction of sp³-hybridized carbons (Fsp3) is 0.857.